The number of aryl methyl sites for hydroxylation is 4. The van der Waals surface area contributed by atoms with E-state index in [1.165, 1.54) is 28.1 Å². The average molecular weight is 778 g/mol. The molecule has 0 amide bonds. The molecule has 0 radical (unpaired) electrons. The van der Waals surface area contributed by atoms with E-state index in [9.17, 15) is 0 Å². The number of hydrogen-bond donors (Lipinski definition) is 0. The second-order valence-corrected chi connectivity index (χ2v) is 22.4. The zero-order valence-corrected chi connectivity index (χ0v) is 40.3. The van der Waals surface area contributed by atoms with E-state index in [1.54, 1.807) is 0 Å². The summed E-state index contributed by atoms with van der Waals surface area (Å²) in [5.41, 5.74) is 17.1. The number of rotatable bonds is 0. The summed E-state index contributed by atoms with van der Waals surface area (Å²) < 4.78 is 6.12. The Hall–Kier alpha value is -4.14. The van der Waals surface area contributed by atoms with Crippen LogP contribution in [0.4, 0.5) is 0 Å². The van der Waals surface area contributed by atoms with E-state index in [-0.39, 0.29) is 32.5 Å². The maximum atomic E-state index is 4.84. The summed E-state index contributed by atoms with van der Waals surface area (Å²) in [5, 5.41) is 9.52. The minimum atomic E-state index is 0.0508. The fourth-order valence-electron chi connectivity index (χ4n) is 7.00. The van der Waals surface area contributed by atoms with Crippen molar-refractivity contribution < 1.29 is 0 Å². The standard InChI is InChI=1S/3C16H25N3/c1-10-14-18-12(15(3,4)5)9-19(14)11(2)13(17-10)16(6,7)8;1-10-11(2)14-17-12(15(3,4)5)9-19(14)18-13(10)16(6,7)8;1-10-11(2)19-13(17-14(10)16(6,7)8)9-12(18-19)15(3,4)5/h3*9H,1-8H3. The van der Waals surface area contributed by atoms with Crippen LogP contribution in [-0.4, -0.2) is 43.6 Å². The van der Waals surface area contributed by atoms with Crippen molar-refractivity contribution in [2.45, 2.75) is 199 Å². The van der Waals surface area contributed by atoms with Gasteiger partial charge >= 0.3 is 0 Å². The Bertz CT molecular complexity index is 2280. The van der Waals surface area contributed by atoms with E-state index in [4.69, 9.17) is 30.1 Å². The molecule has 6 aromatic heterocycles. The Labute approximate surface area is 344 Å². The highest BCUT2D eigenvalue weighted by molar-refractivity contribution is 5.53. The van der Waals surface area contributed by atoms with Gasteiger partial charge in [-0.2, -0.15) is 10.2 Å². The molecule has 9 nitrogen and oxygen atoms in total. The molecule has 6 aromatic rings. The van der Waals surface area contributed by atoms with Gasteiger partial charge in [0.15, 0.2) is 16.9 Å². The maximum Gasteiger partial charge on any atom is 0.158 e. The van der Waals surface area contributed by atoms with Gasteiger partial charge in [-0.1, -0.05) is 125 Å². The van der Waals surface area contributed by atoms with Crippen LogP contribution in [-0.2, 0) is 32.5 Å². The van der Waals surface area contributed by atoms with Gasteiger partial charge in [0.1, 0.15) is 0 Å². The molecule has 0 atom stereocenters. The van der Waals surface area contributed by atoms with E-state index in [2.05, 4.69) is 182 Å². The number of aromatic nitrogens is 9. The van der Waals surface area contributed by atoms with Gasteiger partial charge in [-0.05, 0) is 58.2 Å². The van der Waals surface area contributed by atoms with Gasteiger partial charge in [0, 0.05) is 56.1 Å². The smallest absolute Gasteiger partial charge is 0.158 e. The third-order valence-corrected chi connectivity index (χ3v) is 10.7. The van der Waals surface area contributed by atoms with Crippen LogP contribution in [0.25, 0.3) is 16.9 Å². The van der Waals surface area contributed by atoms with Crippen LogP contribution in [0, 0.1) is 41.5 Å². The van der Waals surface area contributed by atoms with Gasteiger partial charge < -0.3 is 4.40 Å². The predicted octanol–water partition coefficient (Wildman–Crippen LogP) is 11.8. The van der Waals surface area contributed by atoms with E-state index >= 15 is 0 Å². The second-order valence-electron chi connectivity index (χ2n) is 22.4. The van der Waals surface area contributed by atoms with Crippen molar-refractivity contribution in [1.82, 2.24) is 43.6 Å². The summed E-state index contributed by atoms with van der Waals surface area (Å²) in [6, 6.07) is 2.11. The largest absolute Gasteiger partial charge is 0.301 e. The molecule has 57 heavy (non-hydrogen) atoms. The Kier molecular flexibility index (Phi) is 11.9. The fraction of sp³-hybridized carbons (Fsp3) is 0.625. The molecule has 0 aromatic carbocycles. The molecule has 0 aliphatic heterocycles. The van der Waals surface area contributed by atoms with Crippen LogP contribution >= 0.6 is 0 Å². The van der Waals surface area contributed by atoms with Crippen molar-refractivity contribution in [2.75, 3.05) is 0 Å². The molecule has 312 valence electrons. The first-order chi connectivity index (χ1) is 25.5. The van der Waals surface area contributed by atoms with Gasteiger partial charge in [0.05, 0.1) is 46.1 Å². The molecule has 0 bridgehead atoms. The lowest BCUT2D eigenvalue weighted by Gasteiger charge is -2.21. The zero-order chi connectivity index (χ0) is 43.8. The van der Waals surface area contributed by atoms with E-state index in [0.29, 0.717) is 0 Å². The maximum absolute atomic E-state index is 4.84. The molecular formula is C48H75N9. The van der Waals surface area contributed by atoms with Crippen LogP contribution in [0.15, 0.2) is 18.5 Å². The van der Waals surface area contributed by atoms with Crippen molar-refractivity contribution in [1.29, 1.82) is 0 Å². The lowest BCUT2D eigenvalue weighted by atomic mass is 9.88. The molecule has 0 unspecified atom stereocenters. The molecule has 0 spiro atoms. The van der Waals surface area contributed by atoms with Crippen LogP contribution in [0.1, 0.15) is 193 Å². The lowest BCUT2D eigenvalue weighted by molar-refractivity contribution is 0.547. The molecule has 0 saturated carbocycles. The number of nitrogens with zero attached hydrogens (tertiary/aromatic N) is 9. The first-order valence-electron chi connectivity index (χ1n) is 20.7. The lowest BCUT2D eigenvalue weighted by Crippen LogP contribution is -2.18. The minimum absolute atomic E-state index is 0.0508. The SMILES string of the molecule is Cc1c(C(C)(C)C)nc2cc(C(C)(C)C)nn2c1C.Cc1c(C(C)(C)C)nn2cc(C(C)(C)C)nc2c1C.Cc1nc(C(C)(C)C)c(C)n2cc(C(C)(C)C)nc12. The highest BCUT2D eigenvalue weighted by atomic mass is 15.3. The van der Waals surface area contributed by atoms with Crippen LogP contribution < -0.4 is 0 Å². The van der Waals surface area contributed by atoms with E-state index in [1.807, 2.05) is 16.0 Å². The molecule has 0 aliphatic carbocycles. The third-order valence-electron chi connectivity index (χ3n) is 10.7. The first-order valence-corrected chi connectivity index (χ1v) is 20.7. The summed E-state index contributed by atoms with van der Waals surface area (Å²) in [5.74, 6) is 0. The van der Waals surface area contributed by atoms with E-state index < -0.39 is 0 Å². The molecule has 6 heterocycles. The van der Waals surface area contributed by atoms with Gasteiger partial charge in [-0.25, -0.2) is 24.0 Å². The Balaban J connectivity index is 0.000000189. The summed E-state index contributed by atoms with van der Waals surface area (Å²) in [7, 11) is 0. The van der Waals surface area contributed by atoms with Crippen LogP contribution in [0.3, 0.4) is 0 Å². The molecule has 6 rings (SSSR count). The van der Waals surface area contributed by atoms with Gasteiger partial charge in [0.2, 0.25) is 0 Å². The van der Waals surface area contributed by atoms with Gasteiger partial charge in [-0.3, -0.25) is 4.98 Å². The number of fused-ring (bicyclic) bond motifs is 3. The highest BCUT2D eigenvalue weighted by Crippen LogP contribution is 2.31. The molecule has 0 aliphatic rings. The first kappa shape index (κ1) is 45.6. The average Bonchev–Trinajstić information content (AvgIpc) is 3.78. The molecule has 9 heteroatoms. The molecule has 0 N–H and O–H groups in total. The van der Waals surface area contributed by atoms with Crippen LogP contribution in [0.5, 0.6) is 0 Å². The predicted molar refractivity (Wildman–Crippen MR) is 240 cm³/mol. The Morgan fingerprint density at radius 2 is 0.877 bits per heavy atom. The highest BCUT2D eigenvalue weighted by Gasteiger charge is 2.27. The quantitative estimate of drug-likeness (QED) is 0.153. The van der Waals surface area contributed by atoms with Crippen molar-refractivity contribution >= 4 is 16.9 Å². The third kappa shape index (κ3) is 9.60. The monoisotopic (exact) mass is 778 g/mol. The Morgan fingerprint density at radius 3 is 1.35 bits per heavy atom. The van der Waals surface area contributed by atoms with Crippen molar-refractivity contribution in [3.63, 3.8) is 0 Å². The molecular weight excluding hydrogens is 703 g/mol. The normalized spacial score (nSPS) is 13.3. The Morgan fingerprint density at radius 1 is 0.404 bits per heavy atom. The molecule has 0 saturated heterocycles. The number of imidazole rings is 2. The fourth-order valence-corrected chi connectivity index (χ4v) is 7.00. The van der Waals surface area contributed by atoms with Crippen molar-refractivity contribution in [3.8, 4) is 0 Å². The van der Waals surface area contributed by atoms with Gasteiger partial charge in [-0.15, -0.1) is 0 Å². The number of hydrogen-bond acceptors (Lipinski definition) is 6. The van der Waals surface area contributed by atoms with E-state index in [0.717, 1.165) is 56.8 Å². The summed E-state index contributed by atoms with van der Waals surface area (Å²) in [6.45, 7) is 52.2. The zero-order valence-electron chi connectivity index (χ0n) is 40.3. The topological polar surface area (TPSA) is 90.6 Å². The van der Waals surface area contributed by atoms with Crippen LogP contribution in [0.2, 0.25) is 0 Å². The summed E-state index contributed by atoms with van der Waals surface area (Å²) >= 11 is 0. The van der Waals surface area contributed by atoms with Gasteiger partial charge in [0.25, 0.3) is 0 Å². The second kappa shape index (κ2) is 14.9. The minimum Gasteiger partial charge on any atom is -0.301 e. The van der Waals surface area contributed by atoms with Crippen molar-refractivity contribution in [2.24, 2.45) is 0 Å². The van der Waals surface area contributed by atoms with Crippen molar-refractivity contribution in [3.05, 3.63) is 86.4 Å². The molecule has 0 fully saturated rings. The summed E-state index contributed by atoms with van der Waals surface area (Å²) in [4.78, 5) is 19.2. The summed E-state index contributed by atoms with van der Waals surface area (Å²) in [6.07, 6.45) is 4.23.